The number of halogens is 1. The van der Waals surface area contributed by atoms with Gasteiger partial charge in [0, 0.05) is 12.1 Å². The molecular weight excluding hydrogens is 265 g/mol. The lowest BCUT2D eigenvalue weighted by atomic mass is 9.94. The first-order valence-corrected chi connectivity index (χ1v) is 7.21. The number of aryl methyl sites for hydroxylation is 1. The maximum Gasteiger partial charge on any atom is 0.231 e. The van der Waals surface area contributed by atoms with Gasteiger partial charge in [-0.2, -0.15) is 0 Å². The first-order valence-electron chi connectivity index (χ1n) is 7.21. The Morgan fingerprint density at radius 3 is 2.43 bits per heavy atom. The number of amides is 1. The molecule has 0 spiro atoms. The van der Waals surface area contributed by atoms with Crippen LogP contribution in [0.25, 0.3) is 0 Å². The molecule has 1 fully saturated rings. The van der Waals surface area contributed by atoms with E-state index >= 15 is 0 Å². The molecule has 2 aromatic carbocycles. The van der Waals surface area contributed by atoms with E-state index in [2.05, 4.69) is 5.32 Å². The molecule has 3 heteroatoms. The van der Waals surface area contributed by atoms with E-state index < -0.39 is 5.41 Å². The predicted molar refractivity (Wildman–Crippen MR) is 80.3 cm³/mol. The molecular formula is C18H18FNO. The maximum absolute atomic E-state index is 13.9. The molecule has 1 N–H and O–H groups in total. The van der Waals surface area contributed by atoms with Crippen molar-refractivity contribution in [3.63, 3.8) is 0 Å². The van der Waals surface area contributed by atoms with Crippen LogP contribution in [0.1, 0.15) is 29.5 Å². The fourth-order valence-electron chi connectivity index (χ4n) is 2.65. The average Bonchev–Trinajstić information content (AvgIpc) is 3.28. The van der Waals surface area contributed by atoms with Gasteiger partial charge in [-0.25, -0.2) is 4.39 Å². The third-order valence-electron chi connectivity index (χ3n) is 4.15. The summed E-state index contributed by atoms with van der Waals surface area (Å²) in [6.07, 6.45) is 1.43. The van der Waals surface area contributed by atoms with Gasteiger partial charge >= 0.3 is 0 Å². The second-order valence-corrected chi connectivity index (χ2v) is 5.73. The van der Waals surface area contributed by atoms with E-state index in [1.165, 1.54) is 11.6 Å². The van der Waals surface area contributed by atoms with Crippen LogP contribution in [-0.2, 0) is 16.8 Å². The number of carbonyl (C=O) groups is 1. The SMILES string of the molecule is Cc1ccc(CNC(=O)C2(c3ccccc3F)CC2)cc1. The number of nitrogens with one attached hydrogen (secondary N) is 1. The molecule has 1 aliphatic rings. The molecule has 0 atom stereocenters. The normalized spacial score (nSPS) is 15.5. The highest BCUT2D eigenvalue weighted by atomic mass is 19.1. The van der Waals surface area contributed by atoms with Crippen LogP contribution >= 0.6 is 0 Å². The highest BCUT2D eigenvalue weighted by molar-refractivity contribution is 5.91. The summed E-state index contributed by atoms with van der Waals surface area (Å²) in [5.41, 5.74) is 2.11. The van der Waals surface area contributed by atoms with E-state index in [0.29, 0.717) is 24.9 Å². The van der Waals surface area contributed by atoms with Crippen molar-refractivity contribution in [1.82, 2.24) is 5.32 Å². The lowest BCUT2D eigenvalue weighted by Gasteiger charge is -2.16. The van der Waals surface area contributed by atoms with Gasteiger partial charge in [0.1, 0.15) is 5.82 Å². The molecule has 1 aliphatic carbocycles. The van der Waals surface area contributed by atoms with Crippen LogP contribution in [0, 0.1) is 12.7 Å². The van der Waals surface area contributed by atoms with Crippen LogP contribution in [-0.4, -0.2) is 5.91 Å². The number of hydrogen-bond acceptors (Lipinski definition) is 1. The van der Waals surface area contributed by atoms with Crippen LogP contribution in [0.5, 0.6) is 0 Å². The van der Waals surface area contributed by atoms with Gasteiger partial charge < -0.3 is 5.32 Å². The first kappa shape index (κ1) is 13.8. The predicted octanol–water partition coefficient (Wildman–Crippen LogP) is 3.48. The van der Waals surface area contributed by atoms with Crippen molar-refractivity contribution in [1.29, 1.82) is 0 Å². The van der Waals surface area contributed by atoms with Crippen molar-refractivity contribution >= 4 is 5.91 Å². The van der Waals surface area contributed by atoms with Gasteiger partial charge in [0.05, 0.1) is 5.41 Å². The first-order chi connectivity index (χ1) is 10.1. The van der Waals surface area contributed by atoms with Gasteiger partial charge in [-0.1, -0.05) is 48.0 Å². The van der Waals surface area contributed by atoms with Crippen molar-refractivity contribution < 1.29 is 9.18 Å². The van der Waals surface area contributed by atoms with Crippen LogP contribution in [0.4, 0.5) is 4.39 Å². The number of rotatable bonds is 4. The van der Waals surface area contributed by atoms with Crippen LogP contribution < -0.4 is 5.32 Å². The lowest BCUT2D eigenvalue weighted by molar-refractivity contribution is -0.123. The minimum Gasteiger partial charge on any atom is -0.351 e. The van der Waals surface area contributed by atoms with E-state index in [1.807, 2.05) is 31.2 Å². The molecule has 1 amide bonds. The lowest BCUT2D eigenvalue weighted by Crippen LogP contribution is -2.34. The van der Waals surface area contributed by atoms with Gasteiger partial charge in [-0.3, -0.25) is 4.79 Å². The summed E-state index contributed by atoms with van der Waals surface area (Å²) < 4.78 is 13.9. The van der Waals surface area contributed by atoms with Gasteiger partial charge in [0.15, 0.2) is 0 Å². The smallest absolute Gasteiger partial charge is 0.231 e. The topological polar surface area (TPSA) is 29.1 Å². The number of hydrogen-bond donors (Lipinski definition) is 1. The van der Waals surface area contributed by atoms with Crippen molar-refractivity contribution in [2.45, 2.75) is 31.7 Å². The zero-order valence-corrected chi connectivity index (χ0v) is 12.0. The van der Waals surface area contributed by atoms with Crippen LogP contribution in [0.3, 0.4) is 0 Å². The quantitative estimate of drug-likeness (QED) is 0.914. The average molecular weight is 283 g/mol. The Hall–Kier alpha value is -2.16. The van der Waals surface area contributed by atoms with E-state index in [1.54, 1.807) is 18.2 Å². The van der Waals surface area contributed by atoms with Crippen molar-refractivity contribution in [2.24, 2.45) is 0 Å². The van der Waals surface area contributed by atoms with Gasteiger partial charge in [-0.05, 0) is 31.4 Å². The zero-order valence-electron chi connectivity index (χ0n) is 12.0. The molecule has 0 radical (unpaired) electrons. The minimum atomic E-state index is -0.657. The second-order valence-electron chi connectivity index (χ2n) is 5.73. The molecule has 2 nitrogen and oxygen atoms in total. The molecule has 2 aromatic rings. The van der Waals surface area contributed by atoms with Crippen molar-refractivity contribution in [3.05, 3.63) is 71.0 Å². The summed E-state index contributed by atoms with van der Waals surface area (Å²) in [6.45, 7) is 2.51. The highest BCUT2D eigenvalue weighted by Gasteiger charge is 2.52. The van der Waals surface area contributed by atoms with Gasteiger partial charge in [0.2, 0.25) is 5.91 Å². The molecule has 0 aromatic heterocycles. The Morgan fingerprint density at radius 2 is 1.81 bits per heavy atom. The third-order valence-corrected chi connectivity index (χ3v) is 4.15. The summed E-state index contributed by atoms with van der Waals surface area (Å²) in [5.74, 6) is -0.367. The maximum atomic E-state index is 13.9. The summed E-state index contributed by atoms with van der Waals surface area (Å²) in [7, 11) is 0. The Kier molecular flexibility index (Phi) is 3.50. The van der Waals surface area contributed by atoms with Crippen LogP contribution in [0.15, 0.2) is 48.5 Å². The molecule has 0 unspecified atom stereocenters. The molecule has 0 aliphatic heterocycles. The summed E-state index contributed by atoms with van der Waals surface area (Å²) in [4.78, 5) is 12.4. The van der Waals surface area contributed by atoms with Crippen LogP contribution in [0.2, 0.25) is 0 Å². The summed E-state index contributed by atoms with van der Waals surface area (Å²) in [5, 5.41) is 2.94. The van der Waals surface area contributed by atoms with Crippen molar-refractivity contribution in [3.8, 4) is 0 Å². The Balaban J connectivity index is 1.71. The third kappa shape index (κ3) is 2.68. The molecule has 21 heavy (non-hydrogen) atoms. The van der Waals surface area contributed by atoms with E-state index in [-0.39, 0.29) is 11.7 Å². The minimum absolute atomic E-state index is 0.0758. The van der Waals surface area contributed by atoms with Gasteiger partial charge in [0.25, 0.3) is 0 Å². The largest absolute Gasteiger partial charge is 0.351 e. The van der Waals surface area contributed by atoms with E-state index in [0.717, 1.165) is 5.56 Å². The molecule has 0 heterocycles. The highest BCUT2D eigenvalue weighted by Crippen LogP contribution is 2.49. The summed E-state index contributed by atoms with van der Waals surface area (Å²) in [6, 6.07) is 14.6. The zero-order chi connectivity index (χ0) is 14.9. The molecule has 0 bridgehead atoms. The molecule has 0 saturated heterocycles. The standard InChI is InChI=1S/C18H18FNO/c1-13-6-8-14(9-7-13)12-20-17(21)18(10-11-18)15-4-2-3-5-16(15)19/h2-9H,10-12H2,1H3,(H,20,21). The number of benzene rings is 2. The van der Waals surface area contributed by atoms with E-state index in [4.69, 9.17) is 0 Å². The Labute approximate surface area is 124 Å². The summed E-state index contributed by atoms with van der Waals surface area (Å²) >= 11 is 0. The van der Waals surface area contributed by atoms with Gasteiger partial charge in [-0.15, -0.1) is 0 Å². The number of carbonyl (C=O) groups excluding carboxylic acids is 1. The second kappa shape index (κ2) is 5.32. The Bertz CT molecular complexity index is 659. The van der Waals surface area contributed by atoms with Crippen molar-refractivity contribution in [2.75, 3.05) is 0 Å². The Morgan fingerprint density at radius 1 is 1.14 bits per heavy atom. The fourth-order valence-corrected chi connectivity index (χ4v) is 2.65. The fraction of sp³-hybridized carbons (Fsp3) is 0.278. The van der Waals surface area contributed by atoms with E-state index in [9.17, 15) is 9.18 Å². The molecule has 3 rings (SSSR count). The molecule has 108 valence electrons. The molecule has 1 saturated carbocycles. The monoisotopic (exact) mass is 283 g/mol.